The molecule has 0 unspecified atom stereocenters. The average Bonchev–Trinajstić information content (AvgIpc) is 2.22. The van der Waals surface area contributed by atoms with Gasteiger partial charge in [-0.2, -0.15) is 16.8 Å². The molecule has 0 aliphatic carbocycles. The molecular formula is C8H12N2O6S2. The maximum Gasteiger partial charge on any atom is 0.283 e. The lowest BCUT2D eigenvalue weighted by molar-refractivity contribution is 0.483. The third-order valence-electron chi connectivity index (χ3n) is 1.78. The summed E-state index contributed by atoms with van der Waals surface area (Å²) < 4.78 is 59.1. The Morgan fingerprint density at radius 2 is 1.28 bits per heavy atom. The number of hydrogen-bond acceptors (Lipinski definition) is 6. The van der Waals surface area contributed by atoms with Gasteiger partial charge in [0.2, 0.25) is 0 Å². The standard InChI is InChI=1S/C8H12N2O6S2/c11-17(12,13)5-9-7-2-1-3-8(4-7)10-6-18(14,15)16/h1-4,9-10H,5-6H2,(H,11,12,13)(H,14,15,16). The molecule has 0 heterocycles. The summed E-state index contributed by atoms with van der Waals surface area (Å²) in [5, 5.41) is 4.86. The van der Waals surface area contributed by atoms with Gasteiger partial charge in [0, 0.05) is 11.4 Å². The van der Waals surface area contributed by atoms with E-state index < -0.39 is 32.0 Å². The van der Waals surface area contributed by atoms with Crippen molar-refractivity contribution >= 4 is 31.6 Å². The van der Waals surface area contributed by atoms with Gasteiger partial charge in [-0.1, -0.05) is 6.07 Å². The van der Waals surface area contributed by atoms with Crippen molar-refractivity contribution in [3.05, 3.63) is 24.3 Å². The van der Waals surface area contributed by atoms with Crippen LogP contribution in [0.3, 0.4) is 0 Å². The van der Waals surface area contributed by atoms with E-state index in [1.54, 1.807) is 6.07 Å². The minimum absolute atomic E-state index is 0.368. The molecule has 0 aliphatic rings. The topological polar surface area (TPSA) is 133 Å². The molecule has 102 valence electrons. The average molecular weight is 296 g/mol. The Morgan fingerprint density at radius 1 is 0.889 bits per heavy atom. The lowest BCUT2D eigenvalue weighted by Crippen LogP contribution is -2.14. The van der Waals surface area contributed by atoms with Crippen LogP contribution >= 0.6 is 0 Å². The summed E-state index contributed by atoms with van der Waals surface area (Å²) in [7, 11) is -8.28. The van der Waals surface area contributed by atoms with E-state index in [2.05, 4.69) is 10.6 Å². The Kier molecular flexibility index (Phi) is 4.51. The third-order valence-corrected chi connectivity index (χ3v) is 2.80. The molecule has 1 rings (SSSR count). The van der Waals surface area contributed by atoms with Gasteiger partial charge < -0.3 is 10.6 Å². The molecule has 0 aliphatic heterocycles. The zero-order chi connectivity index (χ0) is 13.8. The Balaban J connectivity index is 2.68. The van der Waals surface area contributed by atoms with Crippen LogP contribution in [0.1, 0.15) is 0 Å². The van der Waals surface area contributed by atoms with Crippen molar-refractivity contribution < 1.29 is 25.9 Å². The van der Waals surface area contributed by atoms with Crippen molar-refractivity contribution in [2.45, 2.75) is 0 Å². The fourth-order valence-corrected chi connectivity index (χ4v) is 1.79. The lowest BCUT2D eigenvalue weighted by Gasteiger charge is -2.08. The van der Waals surface area contributed by atoms with E-state index in [0.29, 0.717) is 11.4 Å². The quantitative estimate of drug-likeness (QED) is 0.547. The van der Waals surface area contributed by atoms with Gasteiger partial charge in [-0.25, -0.2) is 0 Å². The van der Waals surface area contributed by atoms with Gasteiger partial charge in [-0.15, -0.1) is 0 Å². The SMILES string of the molecule is O=S(=O)(O)CNc1cccc(NCS(=O)(=O)O)c1. The van der Waals surface area contributed by atoms with Gasteiger partial charge in [-0.05, 0) is 18.2 Å². The van der Waals surface area contributed by atoms with E-state index in [1.165, 1.54) is 18.2 Å². The molecule has 0 amide bonds. The molecule has 0 aromatic heterocycles. The smallest absolute Gasteiger partial charge is 0.283 e. The van der Waals surface area contributed by atoms with Crippen molar-refractivity contribution in [1.82, 2.24) is 0 Å². The summed E-state index contributed by atoms with van der Waals surface area (Å²) in [5.41, 5.74) is 0.737. The van der Waals surface area contributed by atoms with Crippen molar-refractivity contribution in [1.29, 1.82) is 0 Å². The number of hydrogen-bond donors (Lipinski definition) is 4. The molecule has 0 fully saturated rings. The van der Waals surface area contributed by atoms with Gasteiger partial charge in [0.1, 0.15) is 11.8 Å². The second kappa shape index (κ2) is 5.52. The number of rotatable bonds is 6. The van der Waals surface area contributed by atoms with E-state index in [9.17, 15) is 16.8 Å². The van der Waals surface area contributed by atoms with E-state index in [-0.39, 0.29) is 0 Å². The zero-order valence-electron chi connectivity index (χ0n) is 9.07. The first-order valence-electron chi connectivity index (χ1n) is 4.64. The van der Waals surface area contributed by atoms with Gasteiger partial charge in [0.25, 0.3) is 20.2 Å². The maximum absolute atomic E-state index is 10.5. The van der Waals surface area contributed by atoms with Crippen LogP contribution in [0.15, 0.2) is 24.3 Å². The van der Waals surface area contributed by atoms with E-state index in [1.807, 2.05) is 0 Å². The highest BCUT2D eigenvalue weighted by molar-refractivity contribution is 7.86. The molecule has 0 atom stereocenters. The zero-order valence-corrected chi connectivity index (χ0v) is 10.7. The Labute approximate surface area is 105 Å². The summed E-state index contributed by atoms with van der Waals surface area (Å²) >= 11 is 0. The van der Waals surface area contributed by atoms with Crippen LogP contribution in [0.4, 0.5) is 11.4 Å². The molecule has 0 bridgehead atoms. The molecule has 4 N–H and O–H groups in total. The number of benzene rings is 1. The van der Waals surface area contributed by atoms with Crippen LogP contribution < -0.4 is 10.6 Å². The molecule has 18 heavy (non-hydrogen) atoms. The molecule has 1 aromatic rings. The van der Waals surface area contributed by atoms with Crippen molar-refractivity contribution in [3.63, 3.8) is 0 Å². The first kappa shape index (κ1) is 14.7. The molecule has 1 aromatic carbocycles. The highest BCUT2D eigenvalue weighted by Gasteiger charge is 2.06. The first-order chi connectivity index (χ1) is 8.16. The second-order valence-corrected chi connectivity index (χ2v) is 6.29. The summed E-state index contributed by atoms with van der Waals surface area (Å²) in [4.78, 5) is 0. The predicted molar refractivity (Wildman–Crippen MR) is 66.5 cm³/mol. The van der Waals surface area contributed by atoms with Gasteiger partial charge in [0.15, 0.2) is 0 Å². The van der Waals surface area contributed by atoms with Crippen LogP contribution in [-0.4, -0.2) is 37.7 Å². The summed E-state index contributed by atoms with van der Waals surface area (Å²) in [6.07, 6.45) is 0. The molecule has 0 saturated carbocycles. The number of anilines is 2. The van der Waals surface area contributed by atoms with E-state index in [0.717, 1.165) is 0 Å². The largest absolute Gasteiger partial charge is 0.370 e. The fourth-order valence-electron chi connectivity index (χ4n) is 1.09. The first-order valence-corrected chi connectivity index (χ1v) is 7.86. The summed E-state index contributed by atoms with van der Waals surface area (Å²) in [5.74, 6) is -1.32. The van der Waals surface area contributed by atoms with Crippen LogP contribution in [0, 0.1) is 0 Å². The van der Waals surface area contributed by atoms with Crippen molar-refractivity contribution in [2.24, 2.45) is 0 Å². The Morgan fingerprint density at radius 3 is 1.61 bits per heavy atom. The molecule has 0 radical (unpaired) electrons. The van der Waals surface area contributed by atoms with E-state index in [4.69, 9.17) is 9.11 Å². The monoisotopic (exact) mass is 296 g/mol. The van der Waals surface area contributed by atoms with Crippen LogP contribution in [0.5, 0.6) is 0 Å². The Hall–Kier alpha value is -1.36. The second-order valence-electron chi connectivity index (χ2n) is 3.39. The minimum atomic E-state index is -4.14. The highest BCUT2D eigenvalue weighted by atomic mass is 32.2. The number of nitrogens with one attached hydrogen (secondary N) is 2. The normalized spacial score (nSPS) is 12.1. The highest BCUT2D eigenvalue weighted by Crippen LogP contribution is 2.15. The Bertz CT molecular complexity index is 559. The van der Waals surface area contributed by atoms with Crippen LogP contribution in [-0.2, 0) is 20.2 Å². The third kappa shape index (κ3) is 6.39. The molecular weight excluding hydrogens is 284 g/mol. The minimum Gasteiger partial charge on any atom is -0.370 e. The maximum atomic E-state index is 10.5. The molecule has 10 heteroatoms. The lowest BCUT2D eigenvalue weighted by atomic mass is 10.3. The van der Waals surface area contributed by atoms with E-state index >= 15 is 0 Å². The fraction of sp³-hybridized carbons (Fsp3) is 0.250. The summed E-state index contributed by atoms with van der Waals surface area (Å²) in [6.45, 7) is 0. The molecule has 0 spiro atoms. The molecule has 0 saturated heterocycles. The van der Waals surface area contributed by atoms with Crippen molar-refractivity contribution in [3.8, 4) is 0 Å². The van der Waals surface area contributed by atoms with Gasteiger partial charge in [-0.3, -0.25) is 9.11 Å². The van der Waals surface area contributed by atoms with Gasteiger partial charge >= 0.3 is 0 Å². The summed E-state index contributed by atoms with van der Waals surface area (Å²) in [6, 6.07) is 6.03. The molecule has 8 nitrogen and oxygen atoms in total. The van der Waals surface area contributed by atoms with Gasteiger partial charge in [0.05, 0.1) is 0 Å². The van der Waals surface area contributed by atoms with Crippen LogP contribution in [0.25, 0.3) is 0 Å². The van der Waals surface area contributed by atoms with Crippen molar-refractivity contribution in [2.75, 3.05) is 22.4 Å². The van der Waals surface area contributed by atoms with Crippen LogP contribution in [0.2, 0.25) is 0 Å². The predicted octanol–water partition coefficient (Wildman–Crippen LogP) is 0.201.